The van der Waals surface area contributed by atoms with Gasteiger partial charge in [0, 0.05) is 11.0 Å². The lowest BCUT2D eigenvalue weighted by Crippen LogP contribution is -1.99. The molecule has 0 aliphatic rings. The van der Waals surface area contributed by atoms with E-state index in [0.717, 1.165) is 28.1 Å². The van der Waals surface area contributed by atoms with E-state index in [9.17, 15) is 0 Å². The van der Waals surface area contributed by atoms with Gasteiger partial charge in [-0.05, 0) is 41.1 Å². The Morgan fingerprint density at radius 2 is 1.89 bits per heavy atom. The number of aromatic nitrogens is 1. The second-order valence-corrected chi connectivity index (χ2v) is 5.45. The van der Waals surface area contributed by atoms with Crippen molar-refractivity contribution in [2.24, 2.45) is 0 Å². The van der Waals surface area contributed by atoms with E-state index in [4.69, 9.17) is 23.2 Å². The topological polar surface area (TPSA) is 37.0 Å². The fourth-order valence-electron chi connectivity index (χ4n) is 1.59. The maximum atomic E-state index is 6.19. The molecule has 2 aromatic rings. The van der Waals surface area contributed by atoms with Crippen LogP contribution in [0.5, 0.6) is 0 Å². The Morgan fingerprint density at radius 3 is 2.63 bits per heavy atom. The highest BCUT2D eigenvalue weighted by Crippen LogP contribution is 2.37. The summed E-state index contributed by atoms with van der Waals surface area (Å²) in [7, 11) is 0. The Balaban J connectivity index is 2.26. The molecule has 0 saturated heterocycles. The van der Waals surface area contributed by atoms with Gasteiger partial charge < -0.3 is 10.6 Å². The van der Waals surface area contributed by atoms with Crippen LogP contribution in [0.4, 0.5) is 17.1 Å². The first-order chi connectivity index (χ1) is 9.11. The maximum Gasteiger partial charge on any atom is 0.0838 e. The predicted molar refractivity (Wildman–Crippen MR) is 85.8 cm³/mol. The van der Waals surface area contributed by atoms with E-state index >= 15 is 0 Å². The van der Waals surface area contributed by atoms with E-state index < -0.39 is 0 Å². The van der Waals surface area contributed by atoms with Crippen molar-refractivity contribution in [1.29, 1.82) is 0 Å². The Morgan fingerprint density at radius 1 is 1.16 bits per heavy atom. The highest BCUT2D eigenvalue weighted by molar-refractivity contribution is 9.10. The van der Waals surface area contributed by atoms with Crippen LogP contribution in [-0.4, -0.2) is 11.5 Å². The van der Waals surface area contributed by atoms with Crippen molar-refractivity contribution < 1.29 is 0 Å². The number of anilines is 3. The summed E-state index contributed by atoms with van der Waals surface area (Å²) in [6.07, 6.45) is 3.50. The Kier molecular flexibility index (Phi) is 4.91. The number of nitrogens with zero attached hydrogens (tertiary/aromatic N) is 1. The van der Waals surface area contributed by atoms with Gasteiger partial charge in [0.25, 0.3) is 0 Å². The molecule has 0 fully saturated rings. The van der Waals surface area contributed by atoms with Gasteiger partial charge >= 0.3 is 0 Å². The van der Waals surface area contributed by atoms with E-state index in [1.807, 2.05) is 25.1 Å². The van der Waals surface area contributed by atoms with Gasteiger partial charge in [-0.15, -0.1) is 0 Å². The van der Waals surface area contributed by atoms with Gasteiger partial charge in [0.1, 0.15) is 0 Å². The molecule has 1 heterocycles. The second kappa shape index (κ2) is 6.46. The number of halogens is 3. The quantitative estimate of drug-likeness (QED) is 0.724. The van der Waals surface area contributed by atoms with Crippen LogP contribution in [0.3, 0.4) is 0 Å². The molecule has 2 rings (SSSR count). The standard InChI is InChI=1S/C13H12BrCl2N3/c1-2-18-8-5-9(7-17-6-8)19-11-4-3-10(14)12(15)13(11)16/h3-7,18-19H,2H2,1H3. The van der Waals surface area contributed by atoms with Crippen molar-refractivity contribution in [3.63, 3.8) is 0 Å². The minimum absolute atomic E-state index is 0.477. The van der Waals surface area contributed by atoms with Crippen molar-refractivity contribution in [3.8, 4) is 0 Å². The van der Waals surface area contributed by atoms with Crippen LogP contribution in [0.1, 0.15) is 6.92 Å². The van der Waals surface area contributed by atoms with Gasteiger partial charge in [-0.1, -0.05) is 23.2 Å². The molecule has 1 aromatic carbocycles. The first-order valence-corrected chi connectivity index (χ1v) is 7.26. The zero-order chi connectivity index (χ0) is 13.8. The molecule has 0 unspecified atom stereocenters. The van der Waals surface area contributed by atoms with Crippen molar-refractivity contribution in [1.82, 2.24) is 4.98 Å². The van der Waals surface area contributed by atoms with Crippen LogP contribution < -0.4 is 10.6 Å². The van der Waals surface area contributed by atoms with E-state index in [2.05, 4.69) is 31.5 Å². The van der Waals surface area contributed by atoms with Crippen molar-refractivity contribution in [2.75, 3.05) is 17.2 Å². The average molecular weight is 361 g/mol. The van der Waals surface area contributed by atoms with Gasteiger partial charge in [0.2, 0.25) is 0 Å². The van der Waals surface area contributed by atoms with Gasteiger partial charge in [-0.2, -0.15) is 0 Å². The number of nitrogens with one attached hydrogen (secondary N) is 2. The van der Waals surface area contributed by atoms with Crippen LogP contribution >= 0.6 is 39.1 Å². The van der Waals surface area contributed by atoms with E-state index in [1.54, 1.807) is 12.4 Å². The zero-order valence-electron chi connectivity index (χ0n) is 10.2. The lowest BCUT2D eigenvalue weighted by Gasteiger charge is -2.11. The third-order valence-corrected chi connectivity index (χ3v) is 4.20. The fourth-order valence-corrected chi connectivity index (χ4v) is 2.41. The Labute approximate surface area is 130 Å². The second-order valence-electron chi connectivity index (χ2n) is 3.84. The largest absolute Gasteiger partial charge is 0.384 e. The predicted octanol–water partition coefficient (Wildman–Crippen LogP) is 5.33. The van der Waals surface area contributed by atoms with Gasteiger partial charge in [0.05, 0.1) is 39.5 Å². The molecule has 3 nitrogen and oxygen atoms in total. The molecular formula is C13H12BrCl2N3. The summed E-state index contributed by atoms with van der Waals surface area (Å²) >= 11 is 15.6. The molecule has 100 valence electrons. The number of hydrogen-bond acceptors (Lipinski definition) is 3. The fraction of sp³-hybridized carbons (Fsp3) is 0.154. The summed E-state index contributed by atoms with van der Waals surface area (Å²) in [4.78, 5) is 4.16. The highest BCUT2D eigenvalue weighted by atomic mass is 79.9. The number of hydrogen-bond donors (Lipinski definition) is 2. The minimum atomic E-state index is 0.477. The Hall–Kier alpha value is -0.970. The maximum absolute atomic E-state index is 6.19. The summed E-state index contributed by atoms with van der Waals surface area (Å²) in [5.41, 5.74) is 2.54. The average Bonchev–Trinajstić information content (AvgIpc) is 2.40. The molecule has 0 bridgehead atoms. The first kappa shape index (κ1) is 14.4. The van der Waals surface area contributed by atoms with Crippen molar-refractivity contribution >= 4 is 56.2 Å². The lowest BCUT2D eigenvalue weighted by atomic mass is 10.3. The normalized spacial score (nSPS) is 10.3. The van der Waals surface area contributed by atoms with Gasteiger partial charge in [-0.3, -0.25) is 4.98 Å². The molecule has 0 amide bonds. The Bertz CT molecular complexity index is 590. The molecule has 6 heteroatoms. The summed E-state index contributed by atoms with van der Waals surface area (Å²) in [6, 6.07) is 5.67. The van der Waals surface area contributed by atoms with Crippen LogP contribution in [0.2, 0.25) is 10.0 Å². The molecule has 0 radical (unpaired) electrons. The SMILES string of the molecule is CCNc1cncc(Nc2ccc(Br)c(Cl)c2Cl)c1. The molecule has 1 aromatic heterocycles. The lowest BCUT2D eigenvalue weighted by molar-refractivity contribution is 1.19. The smallest absolute Gasteiger partial charge is 0.0838 e. The molecular weight excluding hydrogens is 349 g/mol. The van der Waals surface area contributed by atoms with Crippen molar-refractivity contribution in [3.05, 3.63) is 45.1 Å². The summed E-state index contributed by atoms with van der Waals surface area (Å²) in [5.74, 6) is 0. The third-order valence-electron chi connectivity index (χ3n) is 2.43. The van der Waals surface area contributed by atoms with Gasteiger partial charge in [-0.25, -0.2) is 0 Å². The van der Waals surface area contributed by atoms with Crippen LogP contribution in [0, 0.1) is 0 Å². The molecule has 0 aliphatic heterocycles. The molecule has 19 heavy (non-hydrogen) atoms. The zero-order valence-corrected chi connectivity index (χ0v) is 13.3. The number of rotatable bonds is 4. The van der Waals surface area contributed by atoms with E-state index in [0.29, 0.717) is 10.0 Å². The van der Waals surface area contributed by atoms with Crippen LogP contribution in [-0.2, 0) is 0 Å². The minimum Gasteiger partial charge on any atom is -0.384 e. The third kappa shape index (κ3) is 3.53. The summed E-state index contributed by atoms with van der Waals surface area (Å²) in [5, 5.41) is 7.36. The van der Waals surface area contributed by atoms with E-state index in [-0.39, 0.29) is 0 Å². The van der Waals surface area contributed by atoms with Crippen LogP contribution in [0.25, 0.3) is 0 Å². The van der Waals surface area contributed by atoms with Gasteiger partial charge in [0.15, 0.2) is 0 Å². The number of benzene rings is 1. The van der Waals surface area contributed by atoms with Crippen LogP contribution in [0.15, 0.2) is 35.1 Å². The summed E-state index contributed by atoms with van der Waals surface area (Å²) in [6.45, 7) is 2.88. The number of pyridine rings is 1. The van der Waals surface area contributed by atoms with Crippen molar-refractivity contribution in [2.45, 2.75) is 6.92 Å². The monoisotopic (exact) mass is 359 g/mol. The molecule has 0 aliphatic carbocycles. The molecule has 2 N–H and O–H groups in total. The van der Waals surface area contributed by atoms with E-state index in [1.165, 1.54) is 0 Å². The highest BCUT2D eigenvalue weighted by Gasteiger charge is 2.08. The molecule has 0 spiro atoms. The summed E-state index contributed by atoms with van der Waals surface area (Å²) < 4.78 is 0.768. The first-order valence-electron chi connectivity index (χ1n) is 5.71. The molecule has 0 atom stereocenters. The molecule has 0 saturated carbocycles.